The van der Waals surface area contributed by atoms with E-state index in [0.29, 0.717) is 17.9 Å². The Morgan fingerprint density at radius 3 is 2.52 bits per heavy atom. The van der Waals surface area contributed by atoms with Gasteiger partial charge in [0.25, 0.3) is 5.91 Å². The maximum absolute atomic E-state index is 12.3. The van der Waals surface area contributed by atoms with Gasteiger partial charge in [0.05, 0.1) is 11.0 Å². The predicted molar refractivity (Wildman–Crippen MR) is 92.8 cm³/mol. The van der Waals surface area contributed by atoms with E-state index in [1.54, 1.807) is 24.5 Å². The summed E-state index contributed by atoms with van der Waals surface area (Å²) in [5, 5.41) is 2.72. The van der Waals surface area contributed by atoms with E-state index in [0.717, 1.165) is 12.8 Å². The van der Waals surface area contributed by atoms with Gasteiger partial charge in [-0.1, -0.05) is 0 Å². The lowest BCUT2D eigenvalue weighted by Gasteiger charge is -2.11. The van der Waals surface area contributed by atoms with Gasteiger partial charge in [0, 0.05) is 36.8 Å². The van der Waals surface area contributed by atoms with E-state index in [-0.39, 0.29) is 23.5 Å². The quantitative estimate of drug-likeness (QED) is 0.817. The number of ether oxygens (including phenoxy) is 1. The minimum atomic E-state index is -3.62. The molecule has 0 spiro atoms. The summed E-state index contributed by atoms with van der Waals surface area (Å²) in [7, 11) is -3.62. The molecule has 1 fully saturated rings. The second-order valence-electron chi connectivity index (χ2n) is 5.70. The lowest BCUT2D eigenvalue weighted by atomic mass is 10.2. The molecule has 1 saturated heterocycles. The molecule has 132 valence electrons. The standard InChI is InChI=1S/C17H19N3O4S/c21-17(20-14-7-9-18-10-8-14)13-3-5-16(6-4-13)25(22,23)19-12-15-2-1-11-24-15/h3-10,15,19H,1-2,11-12H2,(H,18,20,21)/t15-/m0/s1. The number of pyridine rings is 1. The third-order valence-corrected chi connectivity index (χ3v) is 5.33. The number of benzene rings is 1. The minimum Gasteiger partial charge on any atom is -0.377 e. The zero-order valence-electron chi connectivity index (χ0n) is 13.5. The monoisotopic (exact) mass is 361 g/mol. The van der Waals surface area contributed by atoms with Crippen LogP contribution in [0.1, 0.15) is 23.2 Å². The Hall–Kier alpha value is -2.29. The highest BCUT2D eigenvalue weighted by Gasteiger charge is 2.20. The summed E-state index contributed by atoms with van der Waals surface area (Å²) in [5.74, 6) is -0.317. The first kappa shape index (κ1) is 17.5. The SMILES string of the molecule is O=C(Nc1ccncc1)c1ccc(S(=O)(=O)NC[C@@H]2CCCO2)cc1. The van der Waals surface area contributed by atoms with Crippen LogP contribution in [0.4, 0.5) is 5.69 Å². The number of nitrogens with zero attached hydrogens (tertiary/aromatic N) is 1. The van der Waals surface area contributed by atoms with E-state index in [4.69, 9.17) is 4.74 Å². The van der Waals surface area contributed by atoms with Gasteiger partial charge >= 0.3 is 0 Å². The lowest BCUT2D eigenvalue weighted by Crippen LogP contribution is -2.31. The fraction of sp³-hybridized carbons (Fsp3) is 0.294. The molecule has 8 heteroatoms. The topological polar surface area (TPSA) is 97.4 Å². The zero-order valence-corrected chi connectivity index (χ0v) is 14.3. The number of carbonyl (C=O) groups excluding carboxylic acids is 1. The van der Waals surface area contributed by atoms with Crippen molar-refractivity contribution < 1.29 is 17.9 Å². The molecule has 1 aliphatic heterocycles. The van der Waals surface area contributed by atoms with Crippen molar-refractivity contribution >= 4 is 21.6 Å². The Morgan fingerprint density at radius 1 is 1.16 bits per heavy atom. The second kappa shape index (κ2) is 7.73. The van der Waals surface area contributed by atoms with Crippen LogP contribution in [0.25, 0.3) is 0 Å². The van der Waals surface area contributed by atoms with Crippen molar-refractivity contribution in [3.63, 3.8) is 0 Å². The van der Waals surface area contributed by atoms with Gasteiger partial charge < -0.3 is 10.1 Å². The van der Waals surface area contributed by atoms with E-state index in [2.05, 4.69) is 15.0 Å². The van der Waals surface area contributed by atoms with E-state index in [9.17, 15) is 13.2 Å². The molecule has 2 heterocycles. The van der Waals surface area contributed by atoms with Crippen LogP contribution in [-0.2, 0) is 14.8 Å². The van der Waals surface area contributed by atoms with Crippen LogP contribution >= 0.6 is 0 Å². The largest absolute Gasteiger partial charge is 0.377 e. The molecule has 2 aromatic rings. The van der Waals surface area contributed by atoms with Crippen molar-refractivity contribution in [3.8, 4) is 0 Å². The first-order chi connectivity index (χ1) is 12.0. The zero-order chi connectivity index (χ0) is 17.7. The number of aromatic nitrogens is 1. The van der Waals surface area contributed by atoms with Crippen molar-refractivity contribution in [2.75, 3.05) is 18.5 Å². The highest BCUT2D eigenvalue weighted by Crippen LogP contribution is 2.15. The summed E-state index contributed by atoms with van der Waals surface area (Å²) in [6.07, 6.45) is 4.89. The Bertz CT molecular complexity index is 817. The van der Waals surface area contributed by atoms with Gasteiger partial charge in [-0.3, -0.25) is 9.78 Å². The molecule has 0 bridgehead atoms. The van der Waals surface area contributed by atoms with Crippen LogP contribution < -0.4 is 10.0 Å². The molecule has 2 N–H and O–H groups in total. The fourth-order valence-corrected chi connectivity index (χ4v) is 3.58. The van der Waals surface area contributed by atoms with Crippen molar-refractivity contribution in [1.82, 2.24) is 9.71 Å². The van der Waals surface area contributed by atoms with Crippen molar-refractivity contribution in [2.24, 2.45) is 0 Å². The third kappa shape index (κ3) is 4.62. The highest BCUT2D eigenvalue weighted by atomic mass is 32.2. The van der Waals surface area contributed by atoms with Crippen molar-refractivity contribution in [1.29, 1.82) is 0 Å². The first-order valence-corrected chi connectivity index (χ1v) is 9.46. The number of nitrogens with one attached hydrogen (secondary N) is 2. The number of anilines is 1. The Balaban J connectivity index is 1.63. The molecular formula is C17H19N3O4S. The highest BCUT2D eigenvalue weighted by molar-refractivity contribution is 7.89. The smallest absolute Gasteiger partial charge is 0.255 e. The molecule has 0 aliphatic carbocycles. The van der Waals surface area contributed by atoms with Gasteiger partial charge in [-0.15, -0.1) is 0 Å². The minimum absolute atomic E-state index is 0.0693. The van der Waals surface area contributed by atoms with Crippen LogP contribution in [0, 0.1) is 0 Å². The molecule has 1 aromatic carbocycles. The Kier molecular flexibility index (Phi) is 5.42. The molecule has 3 rings (SSSR count). The average molecular weight is 361 g/mol. The number of hydrogen-bond acceptors (Lipinski definition) is 5. The molecule has 1 aliphatic rings. The van der Waals surface area contributed by atoms with E-state index < -0.39 is 10.0 Å². The normalized spacial score (nSPS) is 17.4. The number of carbonyl (C=O) groups is 1. The van der Waals surface area contributed by atoms with Crippen LogP contribution in [0.15, 0.2) is 53.7 Å². The lowest BCUT2D eigenvalue weighted by molar-refractivity contribution is 0.102. The van der Waals surface area contributed by atoms with E-state index >= 15 is 0 Å². The molecule has 1 atom stereocenters. The predicted octanol–water partition coefficient (Wildman–Crippen LogP) is 1.79. The van der Waals surface area contributed by atoms with Crippen molar-refractivity contribution in [3.05, 3.63) is 54.4 Å². The molecule has 0 saturated carbocycles. The summed E-state index contributed by atoms with van der Waals surface area (Å²) in [5.41, 5.74) is 0.991. The number of hydrogen-bond donors (Lipinski definition) is 2. The van der Waals surface area contributed by atoms with Crippen LogP contribution in [0.3, 0.4) is 0 Å². The maximum Gasteiger partial charge on any atom is 0.255 e. The first-order valence-electron chi connectivity index (χ1n) is 7.97. The van der Waals surface area contributed by atoms with Crippen LogP contribution in [0.5, 0.6) is 0 Å². The van der Waals surface area contributed by atoms with Gasteiger partial charge in [-0.2, -0.15) is 0 Å². The van der Waals surface area contributed by atoms with Gasteiger partial charge in [0.1, 0.15) is 0 Å². The number of amides is 1. The Labute approximate surface area is 146 Å². The summed E-state index contributed by atoms with van der Waals surface area (Å²) in [6, 6.07) is 9.14. The summed E-state index contributed by atoms with van der Waals surface area (Å²) < 4.78 is 32.5. The summed E-state index contributed by atoms with van der Waals surface area (Å²) >= 11 is 0. The second-order valence-corrected chi connectivity index (χ2v) is 7.47. The number of rotatable bonds is 6. The molecule has 0 unspecified atom stereocenters. The van der Waals surface area contributed by atoms with Crippen LogP contribution in [-0.4, -0.2) is 38.6 Å². The summed E-state index contributed by atoms with van der Waals surface area (Å²) in [4.78, 5) is 16.2. The van der Waals surface area contributed by atoms with E-state index in [1.807, 2.05) is 0 Å². The molecule has 1 amide bonds. The Morgan fingerprint density at radius 2 is 1.88 bits per heavy atom. The molecule has 1 aromatic heterocycles. The third-order valence-electron chi connectivity index (χ3n) is 3.89. The maximum atomic E-state index is 12.3. The van der Waals surface area contributed by atoms with E-state index in [1.165, 1.54) is 24.3 Å². The van der Waals surface area contributed by atoms with Gasteiger partial charge in [-0.05, 0) is 49.2 Å². The average Bonchev–Trinajstić information content (AvgIpc) is 3.15. The molecule has 25 heavy (non-hydrogen) atoms. The van der Waals surface area contributed by atoms with Gasteiger partial charge in [0.2, 0.25) is 10.0 Å². The van der Waals surface area contributed by atoms with Gasteiger partial charge in [0.15, 0.2) is 0 Å². The van der Waals surface area contributed by atoms with Crippen LogP contribution in [0.2, 0.25) is 0 Å². The molecule has 0 radical (unpaired) electrons. The molecule has 7 nitrogen and oxygen atoms in total. The fourth-order valence-electron chi connectivity index (χ4n) is 2.52. The molecular weight excluding hydrogens is 342 g/mol. The van der Waals surface area contributed by atoms with Crippen molar-refractivity contribution in [2.45, 2.75) is 23.8 Å². The van der Waals surface area contributed by atoms with Gasteiger partial charge in [-0.25, -0.2) is 13.1 Å². The number of sulfonamides is 1. The summed E-state index contributed by atoms with van der Waals surface area (Å²) in [6.45, 7) is 0.931.